The van der Waals surface area contributed by atoms with Gasteiger partial charge in [0.1, 0.15) is 6.04 Å². The highest BCUT2D eigenvalue weighted by atomic mass is 32.2. The molecule has 1 aromatic carbocycles. The van der Waals surface area contributed by atoms with Gasteiger partial charge in [-0.15, -0.1) is 11.8 Å². The third-order valence-corrected chi connectivity index (χ3v) is 6.44. The van der Waals surface area contributed by atoms with Gasteiger partial charge in [0.05, 0.1) is 37.5 Å². The van der Waals surface area contributed by atoms with E-state index in [9.17, 15) is 14.4 Å². The van der Waals surface area contributed by atoms with E-state index < -0.39 is 12.0 Å². The highest BCUT2D eigenvalue weighted by molar-refractivity contribution is 8.01. The van der Waals surface area contributed by atoms with Crippen molar-refractivity contribution in [3.05, 3.63) is 17.7 Å². The smallest absolute Gasteiger partial charge is 0.340 e. The third kappa shape index (κ3) is 3.31. The number of fused-ring (bicyclic) bond motifs is 1. The topological polar surface area (TPSA) is 94.2 Å². The molecule has 8 nitrogen and oxygen atoms in total. The summed E-state index contributed by atoms with van der Waals surface area (Å²) in [5, 5.41) is 2.76. The van der Waals surface area contributed by atoms with Crippen LogP contribution in [0.4, 0.5) is 5.69 Å². The van der Waals surface area contributed by atoms with Crippen molar-refractivity contribution in [3.63, 3.8) is 0 Å². The number of methoxy groups -OCH3 is 3. The molecule has 2 aliphatic rings. The number of esters is 1. The number of thioether (sulfide) groups is 1. The molecule has 2 aliphatic heterocycles. The SMILES string of the molecule is COC(=O)c1cc(OC)c(OC)cc1NC(=O)[C@H]1CS[C@]2(C)CCC(=O)N12. The van der Waals surface area contributed by atoms with Gasteiger partial charge in [0, 0.05) is 24.3 Å². The fourth-order valence-electron chi connectivity index (χ4n) is 3.49. The molecule has 0 aliphatic carbocycles. The maximum absolute atomic E-state index is 12.9. The number of carbonyl (C=O) groups excluding carboxylic acids is 3. The Morgan fingerprint density at radius 3 is 2.52 bits per heavy atom. The molecular weight excluding hydrogens is 372 g/mol. The van der Waals surface area contributed by atoms with Crippen LogP contribution in [0, 0.1) is 0 Å². The summed E-state index contributed by atoms with van der Waals surface area (Å²) in [5.41, 5.74) is 0.388. The van der Waals surface area contributed by atoms with Crippen molar-refractivity contribution >= 4 is 35.2 Å². The van der Waals surface area contributed by atoms with Gasteiger partial charge in [-0.25, -0.2) is 4.79 Å². The van der Waals surface area contributed by atoms with Crippen LogP contribution >= 0.6 is 11.8 Å². The largest absolute Gasteiger partial charge is 0.493 e. The van der Waals surface area contributed by atoms with Crippen LogP contribution in [-0.2, 0) is 14.3 Å². The Morgan fingerprint density at radius 2 is 1.89 bits per heavy atom. The molecule has 2 saturated heterocycles. The Labute approximate surface area is 161 Å². The number of amides is 2. The first-order valence-electron chi connectivity index (χ1n) is 8.46. The highest BCUT2D eigenvalue weighted by Crippen LogP contribution is 2.47. The summed E-state index contributed by atoms with van der Waals surface area (Å²) in [7, 11) is 4.17. The third-order valence-electron chi connectivity index (χ3n) is 4.93. The van der Waals surface area contributed by atoms with Crippen LogP contribution in [0.3, 0.4) is 0 Å². The number of benzene rings is 1. The van der Waals surface area contributed by atoms with E-state index in [0.717, 1.165) is 6.42 Å². The van der Waals surface area contributed by atoms with Crippen molar-refractivity contribution in [1.29, 1.82) is 0 Å². The average molecular weight is 394 g/mol. The van der Waals surface area contributed by atoms with Gasteiger partial charge < -0.3 is 24.4 Å². The molecule has 0 unspecified atom stereocenters. The van der Waals surface area contributed by atoms with Crippen molar-refractivity contribution in [2.75, 3.05) is 32.4 Å². The molecule has 1 N–H and O–H groups in total. The fraction of sp³-hybridized carbons (Fsp3) is 0.500. The second-order valence-electron chi connectivity index (χ2n) is 6.50. The van der Waals surface area contributed by atoms with Crippen LogP contribution in [0.15, 0.2) is 12.1 Å². The van der Waals surface area contributed by atoms with Crippen LogP contribution in [0.5, 0.6) is 11.5 Å². The van der Waals surface area contributed by atoms with Crippen molar-refractivity contribution in [1.82, 2.24) is 4.90 Å². The summed E-state index contributed by atoms with van der Waals surface area (Å²) in [4.78, 5) is 38.6. The van der Waals surface area contributed by atoms with E-state index in [1.165, 1.54) is 33.5 Å². The van der Waals surface area contributed by atoms with Gasteiger partial charge in [-0.1, -0.05) is 0 Å². The maximum Gasteiger partial charge on any atom is 0.340 e. The Kier molecular flexibility index (Phi) is 5.23. The van der Waals surface area contributed by atoms with Crippen LogP contribution in [0.2, 0.25) is 0 Å². The van der Waals surface area contributed by atoms with Crippen LogP contribution in [0.1, 0.15) is 30.1 Å². The lowest BCUT2D eigenvalue weighted by Gasteiger charge is -2.30. The highest BCUT2D eigenvalue weighted by Gasteiger charge is 2.53. The minimum Gasteiger partial charge on any atom is -0.493 e. The lowest BCUT2D eigenvalue weighted by molar-refractivity contribution is -0.135. The number of nitrogens with one attached hydrogen (secondary N) is 1. The van der Waals surface area contributed by atoms with Crippen LogP contribution in [-0.4, -0.2) is 60.7 Å². The second kappa shape index (κ2) is 7.30. The van der Waals surface area contributed by atoms with E-state index >= 15 is 0 Å². The number of rotatable bonds is 5. The number of hydrogen-bond donors (Lipinski definition) is 1. The summed E-state index contributed by atoms with van der Waals surface area (Å²) in [6.07, 6.45) is 1.17. The molecule has 3 rings (SSSR count). The minimum absolute atomic E-state index is 0.0249. The molecule has 0 radical (unpaired) electrons. The first kappa shape index (κ1) is 19.3. The van der Waals surface area contributed by atoms with Crippen molar-refractivity contribution in [2.45, 2.75) is 30.7 Å². The maximum atomic E-state index is 12.9. The lowest BCUT2D eigenvalue weighted by atomic mass is 10.1. The summed E-state index contributed by atoms with van der Waals surface area (Å²) in [6, 6.07) is 2.37. The Bertz CT molecular complexity index is 798. The molecule has 0 bridgehead atoms. The monoisotopic (exact) mass is 394 g/mol. The number of nitrogens with zero attached hydrogens (tertiary/aromatic N) is 1. The molecular formula is C18H22N2O6S. The molecule has 0 spiro atoms. The normalized spacial score (nSPS) is 23.8. The van der Waals surface area contributed by atoms with Crippen molar-refractivity contribution < 1.29 is 28.6 Å². The number of ether oxygens (including phenoxy) is 3. The predicted octanol–water partition coefficient (Wildman–Crippen LogP) is 1.88. The van der Waals surface area contributed by atoms with E-state index in [1.54, 1.807) is 16.7 Å². The van der Waals surface area contributed by atoms with Gasteiger partial charge in [-0.3, -0.25) is 9.59 Å². The molecule has 1 aromatic rings. The average Bonchev–Trinajstić information content (AvgIpc) is 3.16. The Morgan fingerprint density at radius 1 is 1.22 bits per heavy atom. The Balaban J connectivity index is 1.91. The number of anilines is 1. The Hall–Kier alpha value is -2.42. The van der Waals surface area contributed by atoms with Gasteiger partial charge >= 0.3 is 5.97 Å². The standard InChI is InChI=1S/C18H22N2O6S/c1-18-6-5-15(21)20(18)12(9-27-18)16(22)19-11-8-14(25-3)13(24-2)7-10(11)17(23)26-4/h7-8,12H,5-6,9H2,1-4H3,(H,19,22)/t12-,18-/m1/s1. The summed E-state index contributed by atoms with van der Waals surface area (Å²) in [5.74, 6) is 0.226. The molecule has 146 valence electrons. The number of hydrogen-bond acceptors (Lipinski definition) is 7. The molecule has 2 fully saturated rings. The fourth-order valence-corrected chi connectivity index (χ4v) is 4.92. The first-order chi connectivity index (χ1) is 12.8. The zero-order valence-corrected chi connectivity index (χ0v) is 16.5. The van der Waals surface area contributed by atoms with Gasteiger partial charge in [0.25, 0.3) is 0 Å². The van der Waals surface area contributed by atoms with Crippen LogP contribution in [0.25, 0.3) is 0 Å². The predicted molar refractivity (Wildman–Crippen MR) is 100 cm³/mol. The van der Waals surface area contributed by atoms with E-state index in [2.05, 4.69) is 5.32 Å². The van der Waals surface area contributed by atoms with E-state index in [-0.39, 0.29) is 27.9 Å². The van der Waals surface area contributed by atoms with E-state index in [0.29, 0.717) is 23.7 Å². The van der Waals surface area contributed by atoms with Crippen LogP contribution < -0.4 is 14.8 Å². The van der Waals surface area contributed by atoms with Gasteiger partial charge in [-0.05, 0) is 13.3 Å². The summed E-state index contributed by atoms with van der Waals surface area (Å²) in [6.45, 7) is 1.98. The molecule has 0 aromatic heterocycles. The van der Waals surface area contributed by atoms with E-state index in [1.807, 2.05) is 6.92 Å². The summed E-state index contributed by atoms with van der Waals surface area (Å²) < 4.78 is 15.3. The van der Waals surface area contributed by atoms with Gasteiger partial charge in [0.2, 0.25) is 11.8 Å². The lowest BCUT2D eigenvalue weighted by Crippen LogP contribution is -2.48. The van der Waals surface area contributed by atoms with Crippen molar-refractivity contribution in [2.24, 2.45) is 0 Å². The first-order valence-corrected chi connectivity index (χ1v) is 9.44. The second-order valence-corrected chi connectivity index (χ2v) is 8.00. The summed E-state index contributed by atoms with van der Waals surface area (Å²) >= 11 is 1.60. The molecule has 2 amide bonds. The van der Waals surface area contributed by atoms with Gasteiger partial charge in [0.15, 0.2) is 11.5 Å². The van der Waals surface area contributed by atoms with Crippen molar-refractivity contribution in [3.8, 4) is 11.5 Å². The molecule has 9 heteroatoms. The molecule has 27 heavy (non-hydrogen) atoms. The molecule has 2 heterocycles. The number of carbonyl (C=O) groups is 3. The van der Waals surface area contributed by atoms with Gasteiger partial charge in [-0.2, -0.15) is 0 Å². The van der Waals surface area contributed by atoms with E-state index in [4.69, 9.17) is 14.2 Å². The molecule has 2 atom stereocenters. The quantitative estimate of drug-likeness (QED) is 0.762. The zero-order chi connectivity index (χ0) is 19.8. The molecule has 0 saturated carbocycles. The minimum atomic E-state index is -0.617. The zero-order valence-electron chi connectivity index (χ0n) is 15.7.